The minimum absolute atomic E-state index is 0.0401. The normalized spacial score (nSPS) is 15.5. The number of thioether (sulfide) groups is 1. The van der Waals surface area contributed by atoms with Crippen molar-refractivity contribution in [3.8, 4) is 0 Å². The van der Waals surface area contributed by atoms with E-state index in [9.17, 15) is 4.79 Å². The summed E-state index contributed by atoms with van der Waals surface area (Å²) >= 11 is 3.46. The molecule has 0 aliphatic carbocycles. The summed E-state index contributed by atoms with van der Waals surface area (Å²) in [6.07, 6.45) is 4.06. The van der Waals surface area contributed by atoms with Crippen molar-refractivity contribution in [3.05, 3.63) is 88.5 Å². The van der Waals surface area contributed by atoms with Gasteiger partial charge in [0.25, 0.3) is 5.91 Å². The summed E-state index contributed by atoms with van der Waals surface area (Å²) in [5, 5.41) is 5.23. The lowest BCUT2D eigenvalue weighted by atomic mass is 10.1. The van der Waals surface area contributed by atoms with Crippen LogP contribution in [0, 0.1) is 0 Å². The smallest absolute Gasteiger partial charge is 0.251 e. The van der Waals surface area contributed by atoms with Crippen molar-refractivity contribution in [2.45, 2.75) is 16.7 Å². The van der Waals surface area contributed by atoms with Crippen molar-refractivity contribution in [2.24, 2.45) is 0 Å². The van der Waals surface area contributed by atoms with Gasteiger partial charge >= 0.3 is 0 Å². The standard InChI is InChI=1S/C25H26N4O2S2/c30-25(26-16-22(23-4-3-15-32-23)28-11-13-31-14-12-28)19-6-8-21(9-7-19)33-18-20-17-29-10-2-1-5-24(29)27-20/h1-10,15,17,22H,11-14,16,18H2,(H,26,30)/t22-/m1/s1. The van der Waals surface area contributed by atoms with Gasteiger partial charge in [0, 0.05) is 53.1 Å². The Kier molecular flexibility index (Phi) is 7.06. The molecule has 3 aromatic heterocycles. The average molecular weight is 479 g/mol. The Morgan fingerprint density at radius 3 is 2.73 bits per heavy atom. The van der Waals surface area contributed by atoms with Crippen molar-refractivity contribution >= 4 is 34.7 Å². The number of nitrogens with one attached hydrogen (secondary N) is 1. The number of hydrogen-bond donors (Lipinski definition) is 1. The lowest BCUT2D eigenvalue weighted by Gasteiger charge is -2.34. The Morgan fingerprint density at radius 1 is 1.12 bits per heavy atom. The van der Waals surface area contributed by atoms with Crippen LogP contribution in [0.15, 0.2) is 77.3 Å². The molecule has 0 saturated carbocycles. The quantitative estimate of drug-likeness (QED) is 0.378. The Hall–Kier alpha value is -2.65. The average Bonchev–Trinajstić information content (AvgIpc) is 3.54. The molecule has 1 N–H and O–H groups in total. The molecule has 0 radical (unpaired) electrons. The molecule has 170 valence electrons. The summed E-state index contributed by atoms with van der Waals surface area (Å²) in [6, 6.07) is 18.2. The predicted octanol–water partition coefficient (Wildman–Crippen LogP) is 4.49. The molecule has 1 amide bonds. The molecule has 0 bridgehead atoms. The first-order valence-corrected chi connectivity index (χ1v) is 12.9. The fourth-order valence-corrected chi connectivity index (χ4v) is 5.63. The molecule has 5 rings (SSSR count). The van der Waals surface area contributed by atoms with Gasteiger partial charge in [0.15, 0.2) is 0 Å². The maximum absolute atomic E-state index is 12.8. The van der Waals surface area contributed by atoms with E-state index in [1.807, 2.05) is 53.1 Å². The molecular weight excluding hydrogens is 452 g/mol. The highest BCUT2D eigenvalue weighted by atomic mass is 32.2. The number of benzene rings is 1. The van der Waals surface area contributed by atoms with E-state index >= 15 is 0 Å². The lowest BCUT2D eigenvalue weighted by molar-refractivity contribution is 0.0169. The second-order valence-corrected chi connectivity index (χ2v) is 9.93. The fraction of sp³-hybridized carbons (Fsp3) is 0.280. The molecule has 4 heterocycles. The van der Waals surface area contributed by atoms with Crippen LogP contribution in [0.1, 0.15) is 27.0 Å². The molecule has 1 aromatic carbocycles. The Labute approximate surface area is 201 Å². The maximum Gasteiger partial charge on any atom is 0.251 e. The second-order valence-electron chi connectivity index (χ2n) is 7.90. The fourth-order valence-electron chi connectivity index (χ4n) is 3.99. The number of carbonyl (C=O) groups excluding carboxylic acids is 1. The monoisotopic (exact) mass is 478 g/mol. The SMILES string of the molecule is O=C(NC[C@H](c1cccs1)N1CCOCC1)c1ccc(SCc2cn3ccccc3n2)cc1. The molecule has 1 aliphatic rings. The first-order valence-electron chi connectivity index (χ1n) is 11.1. The van der Waals surface area contributed by atoms with Crippen LogP contribution < -0.4 is 5.32 Å². The van der Waals surface area contributed by atoms with Gasteiger partial charge in [-0.3, -0.25) is 9.69 Å². The van der Waals surface area contributed by atoms with Crippen molar-refractivity contribution in [1.82, 2.24) is 19.6 Å². The predicted molar refractivity (Wildman–Crippen MR) is 133 cm³/mol. The molecular formula is C25H26N4O2S2. The third kappa shape index (κ3) is 5.47. The summed E-state index contributed by atoms with van der Waals surface area (Å²) in [4.78, 5) is 22.3. The van der Waals surface area contributed by atoms with Gasteiger partial charge in [-0.05, 0) is 47.8 Å². The van der Waals surface area contributed by atoms with Gasteiger partial charge in [0.05, 0.1) is 24.9 Å². The van der Waals surface area contributed by atoms with E-state index in [2.05, 4.69) is 38.9 Å². The number of pyridine rings is 1. The van der Waals surface area contributed by atoms with E-state index in [1.165, 1.54) is 4.88 Å². The number of carbonyl (C=O) groups is 1. The summed E-state index contributed by atoms with van der Waals surface area (Å²) in [5.41, 5.74) is 2.67. The van der Waals surface area contributed by atoms with E-state index in [0.717, 1.165) is 48.3 Å². The highest BCUT2D eigenvalue weighted by Crippen LogP contribution is 2.26. The van der Waals surface area contributed by atoms with Crippen LogP contribution in [0.3, 0.4) is 0 Å². The van der Waals surface area contributed by atoms with Crippen LogP contribution in [0.4, 0.5) is 0 Å². The molecule has 8 heteroatoms. The zero-order valence-electron chi connectivity index (χ0n) is 18.2. The van der Waals surface area contributed by atoms with Gasteiger partial charge in [-0.2, -0.15) is 0 Å². The summed E-state index contributed by atoms with van der Waals surface area (Å²) in [6.45, 7) is 3.84. The van der Waals surface area contributed by atoms with Crippen molar-refractivity contribution < 1.29 is 9.53 Å². The van der Waals surface area contributed by atoms with Gasteiger partial charge in [-0.1, -0.05) is 12.1 Å². The summed E-state index contributed by atoms with van der Waals surface area (Å²) < 4.78 is 7.54. The molecule has 1 fully saturated rings. The highest BCUT2D eigenvalue weighted by molar-refractivity contribution is 7.98. The molecule has 1 atom stereocenters. The summed E-state index contributed by atoms with van der Waals surface area (Å²) in [7, 11) is 0. The van der Waals surface area contributed by atoms with Crippen molar-refractivity contribution in [2.75, 3.05) is 32.8 Å². The van der Waals surface area contributed by atoms with Gasteiger partial charge < -0.3 is 14.5 Å². The highest BCUT2D eigenvalue weighted by Gasteiger charge is 2.24. The lowest BCUT2D eigenvalue weighted by Crippen LogP contribution is -2.43. The van der Waals surface area contributed by atoms with Crippen LogP contribution in [-0.2, 0) is 10.5 Å². The number of hydrogen-bond acceptors (Lipinski definition) is 6. The Bertz CT molecular complexity index is 1150. The molecule has 33 heavy (non-hydrogen) atoms. The van der Waals surface area contributed by atoms with Crippen molar-refractivity contribution in [1.29, 1.82) is 0 Å². The number of imidazole rings is 1. The molecule has 0 spiro atoms. The zero-order valence-corrected chi connectivity index (χ0v) is 19.9. The number of fused-ring (bicyclic) bond motifs is 1. The van der Waals surface area contributed by atoms with E-state index in [1.54, 1.807) is 23.1 Å². The Morgan fingerprint density at radius 2 is 1.97 bits per heavy atom. The second kappa shape index (κ2) is 10.5. The largest absolute Gasteiger partial charge is 0.379 e. The number of amides is 1. The van der Waals surface area contributed by atoms with E-state index in [-0.39, 0.29) is 11.9 Å². The first-order chi connectivity index (χ1) is 16.3. The van der Waals surface area contributed by atoms with Gasteiger partial charge in [-0.25, -0.2) is 4.98 Å². The minimum Gasteiger partial charge on any atom is -0.379 e. The first kappa shape index (κ1) is 22.2. The molecule has 1 aliphatic heterocycles. The molecule has 6 nitrogen and oxygen atoms in total. The number of thiophene rings is 1. The molecule has 0 unspecified atom stereocenters. The number of aromatic nitrogens is 2. The molecule has 1 saturated heterocycles. The van der Waals surface area contributed by atoms with E-state index in [0.29, 0.717) is 12.1 Å². The van der Waals surface area contributed by atoms with Crippen LogP contribution in [0.25, 0.3) is 5.65 Å². The number of morpholine rings is 1. The Balaban J connectivity index is 1.17. The van der Waals surface area contributed by atoms with Crippen LogP contribution >= 0.6 is 23.1 Å². The number of ether oxygens (including phenoxy) is 1. The van der Waals surface area contributed by atoms with E-state index in [4.69, 9.17) is 4.74 Å². The van der Waals surface area contributed by atoms with Gasteiger partial charge in [-0.15, -0.1) is 23.1 Å². The van der Waals surface area contributed by atoms with Crippen LogP contribution in [0.2, 0.25) is 0 Å². The number of nitrogens with zero attached hydrogens (tertiary/aromatic N) is 3. The zero-order chi connectivity index (χ0) is 22.5. The minimum atomic E-state index is -0.0401. The van der Waals surface area contributed by atoms with Gasteiger partial charge in [0.1, 0.15) is 5.65 Å². The number of rotatable bonds is 8. The molecule has 4 aromatic rings. The van der Waals surface area contributed by atoms with Crippen LogP contribution in [-0.4, -0.2) is 53.0 Å². The van der Waals surface area contributed by atoms with E-state index < -0.39 is 0 Å². The van der Waals surface area contributed by atoms with Crippen molar-refractivity contribution in [3.63, 3.8) is 0 Å². The van der Waals surface area contributed by atoms with Gasteiger partial charge in [0.2, 0.25) is 0 Å². The third-order valence-electron chi connectivity index (χ3n) is 5.73. The maximum atomic E-state index is 12.8. The summed E-state index contributed by atoms with van der Waals surface area (Å²) in [5.74, 6) is 0.747. The topological polar surface area (TPSA) is 58.9 Å². The van der Waals surface area contributed by atoms with Crippen LogP contribution in [0.5, 0.6) is 0 Å². The third-order valence-corrected chi connectivity index (χ3v) is 7.75.